The highest BCUT2D eigenvalue weighted by Gasteiger charge is 2.10. The van der Waals surface area contributed by atoms with Crippen LogP contribution in [0.25, 0.3) is 11.3 Å². The van der Waals surface area contributed by atoms with Gasteiger partial charge in [0.15, 0.2) is 0 Å². The lowest BCUT2D eigenvalue weighted by Crippen LogP contribution is -2.03. The maximum absolute atomic E-state index is 6.22. The molecule has 0 aliphatic heterocycles. The van der Waals surface area contributed by atoms with Crippen molar-refractivity contribution in [2.24, 2.45) is 0 Å². The number of nitrogens with two attached hydrogens (primary N) is 1. The van der Waals surface area contributed by atoms with E-state index in [1.54, 1.807) is 6.33 Å². The van der Waals surface area contributed by atoms with Gasteiger partial charge in [-0.1, -0.05) is 58.4 Å². The van der Waals surface area contributed by atoms with Crippen molar-refractivity contribution in [2.75, 3.05) is 5.73 Å². The number of nitrogen functional groups attached to an aromatic ring is 1. The normalized spacial score (nSPS) is 10.7. The van der Waals surface area contributed by atoms with Gasteiger partial charge in [-0.15, -0.1) is 0 Å². The molecule has 0 fully saturated rings. The molecule has 3 aromatic rings. The Kier molecular flexibility index (Phi) is 3.56. The minimum Gasteiger partial charge on any atom is -0.383 e. The second kappa shape index (κ2) is 5.51. The molecule has 0 saturated heterocycles. The van der Waals surface area contributed by atoms with Crippen molar-refractivity contribution in [1.29, 1.82) is 0 Å². The zero-order valence-electron chi connectivity index (χ0n) is 10.8. The van der Waals surface area contributed by atoms with Gasteiger partial charge >= 0.3 is 0 Å². The molecule has 100 valence electrons. The second-order valence-corrected chi connectivity index (χ2v) is 5.52. The van der Waals surface area contributed by atoms with Crippen LogP contribution in [-0.4, -0.2) is 9.55 Å². The molecule has 3 rings (SSSR count). The molecule has 0 bridgehead atoms. The van der Waals surface area contributed by atoms with Crippen LogP contribution in [0.1, 0.15) is 5.56 Å². The first-order valence-electron chi connectivity index (χ1n) is 6.34. The number of nitrogens with zero attached hydrogens (tertiary/aromatic N) is 2. The lowest BCUT2D eigenvalue weighted by atomic mass is 10.1. The van der Waals surface area contributed by atoms with Crippen molar-refractivity contribution >= 4 is 21.7 Å². The van der Waals surface area contributed by atoms with Crippen LogP contribution in [0.3, 0.4) is 0 Å². The van der Waals surface area contributed by atoms with E-state index >= 15 is 0 Å². The van der Waals surface area contributed by atoms with Gasteiger partial charge in [-0.2, -0.15) is 0 Å². The molecule has 0 unspecified atom stereocenters. The third kappa shape index (κ3) is 2.60. The first-order valence-corrected chi connectivity index (χ1v) is 7.14. The molecule has 0 radical (unpaired) electrons. The smallest absolute Gasteiger partial charge is 0.131 e. The van der Waals surface area contributed by atoms with E-state index in [0.717, 1.165) is 22.3 Å². The number of hydrogen-bond donors (Lipinski definition) is 1. The molecule has 0 aliphatic carbocycles. The van der Waals surface area contributed by atoms with Gasteiger partial charge in [0, 0.05) is 10.0 Å². The monoisotopic (exact) mass is 327 g/mol. The van der Waals surface area contributed by atoms with E-state index in [2.05, 4.69) is 33.0 Å². The maximum atomic E-state index is 6.22. The first kappa shape index (κ1) is 12.9. The topological polar surface area (TPSA) is 43.8 Å². The predicted molar refractivity (Wildman–Crippen MR) is 85.3 cm³/mol. The average Bonchev–Trinajstić information content (AvgIpc) is 2.81. The van der Waals surface area contributed by atoms with Gasteiger partial charge in [0.25, 0.3) is 0 Å². The van der Waals surface area contributed by atoms with E-state index in [-0.39, 0.29) is 0 Å². The Bertz CT molecular complexity index is 720. The molecular formula is C16H14BrN3. The van der Waals surface area contributed by atoms with Crippen molar-refractivity contribution < 1.29 is 0 Å². The van der Waals surface area contributed by atoms with E-state index in [1.807, 2.05) is 47.0 Å². The third-order valence-corrected chi connectivity index (χ3v) is 3.67. The summed E-state index contributed by atoms with van der Waals surface area (Å²) < 4.78 is 2.98. The van der Waals surface area contributed by atoms with Gasteiger partial charge in [-0.05, 0) is 17.7 Å². The molecule has 2 aromatic carbocycles. The van der Waals surface area contributed by atoms with Crippen LogP contribution in [0.2, 0.25) is 0 Å². The summed E-state index contributed by atoms with van der Waals surface area (Å²) in [5.74, 6) is 0.687. The molecule has 1 heterocycles. The van der Waals surface area contributed by atoms with Gasteiger partial charge in [0.05, 0.1) is 12.9 Å². The van der Waals surface area contributed by atoms with Gasteiger partial charge in [0.2, 0.25) is 0 Å². The quantitative estimate of drug-likeness (QED) is 0.791. The Labute approximate surface area is 126 Å². The van der Waals surface area contributed by atoms with Crippen molar-refractivity contribution in [3.63, 3.8) is 0 Å². The highest BCUT2D eigenvalue weighted by molar-refractivity contribution is 9.10. The fraction of sp³-hybridized carbons (Fsp3) is 0.0625. The van der Waals surface area contributed by atoms with Crippen molar-refractivity contribution in [3.8, 4) is 11.3 Å². The van der Waals surface area contributed by atoms with Crippen LogP contribution in [0.4, 0.5) is 5.82 Å². The van der Waals surface area contributed by atoms with Gasteiger partial charge in [0.1, 0.15) is 11.5 Å². The average molecular weight is 328 g/mol. The predicted octanol–water partition coefficient (Wildman–Crippen LogP) is 3.94. The Morgan fingerprint density at radius 3 is 2.60 bits per heavy atom. The number of halogens is 1. The SMILES string of the molecule is Nc1c(-c2cccc(Br)c2)ncn1Cc1ccccc1. The van der Waals surface area contributed by atoms with Crippen LogP contribution in [0.5, 0.6) is 0 Å². The summed E-state index contributed by atoms with van der Waals surface area (Å²) in [6.45, 7) is 0.730. The summed E-state index contributed by atoms with van der Waals surface area (Å²) in [5.41, 5.74) is 9.26. The van der Waals surface area contributed by atoms with Crippen molar-refractivity contribution in [2.45, 2.75) is 6.54 Å². The number of hydrogen-bond acceptors (Lipinski definition) is 2. The number of imidazole rings is 1. The molecule has 20 heavy (non-hydrogen) atoms. The summed E-state index contributed by atoms with van der Waals surface area (Å²) in [4.78, 5) is 4.44. The van der Waals surface area contributed by atoms with Gasteiger partial charge in [-0.25, -0.2) is 4.98 Å². The summed E-state index contributed by atoms with van der Waals surface area (Å²) in [6, 6.07) is 18.2. The third-order valence-electron chi connectivity index (χ3n) is 3.17. The Balaban J connectivity index is 1.93. The van der Waals surface area contributed by atoms with E-state index in [1.165, 1.54) is 5.56 Å². The Morgan fingerprint density at radius 1 is 1.05 bits per heavy atom. The number of aromatic nitrogens is 2. The zero-order valence-corrected chi connectivity index (χ0v) is 12.4. The highest BCUT2D eigenvalue weighted by atomic mass is 79.9. The zero-order chi connectivity index (χ0) is 13.9. The Morgan fingerprint density at radius 2 is 1.85 bits per heavy atom. The number of anilines is 1. The van der Waals surface area contributed by atoms with Crippen molar-refractivity contribution in [3.05, 3.63) is 71.0 Å². The molecule has 1 aromatic heterocycles. The van der Waals surface area contributed by atoms with Crippen LogP contribution >= 0.6 is 15.9 Å². The molecule has 2 N–H and O–H groups in total. The van der Waals surface area contributed by atoms with E-state index < -0.39 is 0 Å². The lowest BCUT2D eigenvalue weighted by molar-refractivity contribution is 0.808. The lowest BCUT2D eigenvalue weighted by Gasteiger charge is -2.06. The Hall–Kier alpha value is -2.07. The van der Waals surface area contributed by atoms with Crippen LogP contribution in [0.15, 0.2) is 65.4 Å². The summed E-state index contributed by atoms with van der Waals surface area (Å²) in [5, 5.41) is 0. The molecular weight excluding hydrogens is 314 g/mol. The minimum atomic E-state index is 0.687. The number of benzene rings is 2. The molecule has 0 spiro atoms. The molecule has 3 nitrogen and oxygen atoms in total. The maximum Gasteiger partial charge on any atom is 0.131 e. The van der Waals surface area contributed by atoms with Gasteiger partial charge < -0.3 is 10.3 Å². The first-order chi connectivity index (χ1) is 9.74. The standard InChI is InChI=1S/C16H14BrN3/c17-14-8-4-7-13(9-14)15-16(18)20(11-19-15)10-12-5-2-1-3-6-12/h1-9,11H,10,18H2. The molecule has 0 aliphatic rings. The summed E-state index contributed by atoms with van der Waals surface area (Å²) in [6.07, 6.45) is 1.79. The molecule has 0 amide bonds. The largest absolute Gasteiger partial charge is 0.383 e. The number of rotatable bonds is 3. The highest BCUT2D eigenvalue weighted by Crippen LogP contribution is 2.27. The summed E-state index contributed by atoms with van der Waals surface area (Å²) >= 11 is 3.47. The minimum absolute atomic E-state index is 0.687. The van der Waals surface area contributed by atoms with E-state index in [4.69, 9.17) is 5.73 Å². The molecule has 0 atom stereocenters. The fourth-order valence-corrected chi connectivity index (χ4v) is 2.56. The fourth-order valence-electron chi connectivity index (χ4n) is 2.16. The van der Waals surface area contributed by atoms with Gasteiger partial charge in [-0.3, -0.25) is 0 Å². The van der Waals surface area contributed by atoms with Crippen LogP contribution in [0, 0.1) is 0 Å². The summed E-state index contributed by atoms with van der Waals surface area (Å²) in [7, 11) is 0. The van der Waals surface area contributed by atoms with Crippen LogP contribution < -0.4 is 5.73 Å². The van der Waals surface area contributed by atoms with Crippen molar-refractivity contribution in [1.82, 2.24) is 9.55 Å². The molecule has 0 saturated carbocycles. The van der Waals surface area contributed by atoms with E-state index in [9.17, 15) is 0 Å². The van der Waals surface area contributed by atoms with E-state index in [0.29, 0.717) is 5.82 Å². The second-order valence-electron chi connectivity index (χ2n) is 4.60. The molecule has 4 heteroatoms. The van der Waals surface area contributed by atoms with Crippen LogP contribution in [-0.2, 0) is 6.54 Å².